The molecule has 1 atom stereocenters. The summed E-state index contributed by atoms with van der Waals surface area (Å²) in [5, 5.41) is 15.0. The number of nitrogens with zero attached hydrogens (tertiary/aromatic N) is 3. The number of alkyl halides is 2. The van der Waals surface area contributed by atoms with Crippen LogP contribution in [0, 0.1) is 16.0 Å². The smallest absolute Gasteiger partial charge is 0.428 e. The number of benzene rings is 1. The summed E-state index contributed by atoms with van der Waals surface area (Å²) < 4.78 is 44.2. The van der Waals surface area contributed by atoms with Gasteiger partial charge in [0.1, 0.15) is 12.1 Å². The van der Waals surface area contributed by atoms with Crippen molar-refractivity contribution in [2.75, 3.05) is 20.2 Å². The van der Waals surface area contributed by atoms with Crippen LogP contribution in [-0.2, 0) is 15.6 Å². The van der Waals surface area contributed by atoms with Gasteiger partial charge in [-0.2, -0.15) is 13.8 Å². The Balaban J connectivity index is 1.93. The molecular formula is C20H22F2N4O6. The van der Waals surface area contributed by atoms with Gasteiger partial charge in [0.05, 0.1) is 17.6 Å². The molecule has 172 valence electrons. The Labute approximate surface area is 182 Å². The van der Waals surface area contributed by atoms with Crippen molar-refractivity contribution in [2.45, 2.75) is 31.5 Å². The largest absolute Gasteiger partial charge is 0.497 e. The van der Waals surface area contributed by atoms with Crippen LogP contribution in [0.3, 0.4) is 0 Å². The van der Waals surface area contributed by atoms with Gasteiger partial charge in [-0.3, -0.25) is 14.9 Å². The van der Waals surface area contributed by atoms with E-state index in [1.807, 2.05) is 0 Å². The maximum absolute atomic E-state index is 14.7. The third kappa shape index (κ3) is 5.44. The predicted octanol–water partition coefficient (Wildman–Crippen LogP) is 3.13. The molecular weight excluding hydrogens is 430 g/mol. The summed E-state index contributed by atoms with van der Waals surface area (Å²) in [6, 6.07) is 4.75. The van der Waals surface area contributed by atoms with Crippen LogP contribution < -0.4 is 14.8 Å². The summed E-state index contributed by atoms with van der Waals surface area (Å²) in [7, 11) is 1.39. The van der Waals surface area contributed by atoms with E-state index in [1.165, 1.54) is 19.2 Å². The number of carbonyl (C=O) groups is 1. The molecule has 1 aromatic heterocycles. The highest BCUT2D eigenvalue weighted by Crippen LogP contribution is 2.40. The molecule has 0 radical (unpaired) electrons. The van der Waals surface area contributed by atoms with Crippen molar-refractivity contribution < 1.29 is 32.7 Å². The Kier molecular flexibility index (Phi) is 7.46. The van der Waals surface area contributed by atoms with E-state index >= 15 is 0 Å². The lowest BCUT2D eigenvalue weighted by Crippen LogP contribution is -2.29. The number of carbonyl (C=O) groups excluding carboxylic acids is 1. The molecule has 0 bridgehead atoms. The van der Waals surface area contributed by atoms with Gasteiger partial charge in [-0.25, -0.2) is 4.98 Å². The molecule has 0 saturated carbocycles. The van der Waals surface area contributed by atoms with Crippen molar-refractivity contribution in [3.63, 3.8) is 0 Å². The molecule has 2 heterocycles. The van der Waals surface area contributed by atoms with E-state index in [-0.39, 0.29) is 24.5 Å². The molecule has 10 nitrogen and oxygen atoms in total. The molecule has 1 N–H and O–H groups in total. The third-order valence-electron chi connectivity index (χ3n) is 5.18. The zero-order valence-corrected chi connectivity index (χ0v) is 17.2. The minimum Gasteiger partial charge on any atom is -0.497 e. The molecule has 0 amide bonds. The second-order valence-corrected chi connectivity index (χ2v) is 7.17. The van der Waals surface area contributed by atoms with Crippen LogP contribution in [0.25, 0.3) is 0 Å². The molecule has 3 rings (SSSR count). The standard InChI is InChI=1S/C20H22F2N4O6/c1-30-15-4-2-14(3-5-15)20(21,22)32-19-18(26(28)29)17(24-11-25-19)16(31-12-27)10-13-6-8-23-9-7-13/h2-5,11-13,16,23H,6-10H2,1H3. The van der Waals surface area contributed by atoms with Crippen LogP contribution in [0.4, 0.5) is 14.5 Å². The number of hydrogen-bond donors (Lipinski definition) is 1. The zero-order valence-electron chi connectivity index (χ0n) is 17.2. The predicted molar refractivity (Wildman–Crippen MR) is 106 cm³/mol. The van der Waals surface area contributed by atoms with Gasteiger partial charge >= 0.3 is 17.7 Å². The quantitative estimate of drug-likeness (QED) is 0.329. The first-order valence-corrected chi connectivity index (χ1v) is 9.86. The maximum atomic E-state index is 14.7. The van der Waals surface area contributed by atoms with Gasteiger partial charge in [0.25, 0.3) is 6.47 Å². The number of piperidine rings is 1. The average molecular weight is 452 g/mol. The van der Waals surface area contributed by atoms with Crippen molar-refractivity contribution in [3.8, 4) is 11.6 Å². The molecule has 0 spiro atoms. The van der Waals surface area contributed by atoms with Gasteiger partial charge < -0.3 is 19.5 Å². The Morgan fingerprint density at radius 1 is 1.28 bits per heavy atom. The van der Waals surface area contributed by atoms with Gasteiger partial charge in [0.15, 0.2) is 11.8 Å². The first kappa shape index (κ1) is 23.3. The molecule has 1 unspecified atom stereocenters. The van der Waals surface area contributed by atoms with Gasteiger partial charge in [-0.05, 0) is 62.5 Å². The van der Waals surface area contributed by atoms with E-state index in [2.05, 4.69) is 15.3 Å². The van der Waals surface area contributed by atoms with Crippen LogP contribution in [0.2, 0.25) is 0 Å². The normalized spacial score (nSPS) is 15.6. The second kappa shape index (κ2) is 10.3. The minimum absolute atomic E-state index is 0.112. The number of hydrogen-bond acceptors (Lipinski definition) is 9. The number of halogens is 2. The zero-order chi connectivity index (χ0) is 23.1. The van der Waals surface area contributed by atoms with Crippen molar-refractivity contribution >= 4 is 12.2 Å². The van der Waals surface area contributed by atoms with Crippen LogP contribution in [0.5, 0.6) is 11.6 Å². The first-order valence-electron chi connectivity index (χ1n) is 9.86. The van der Waals surface area contributed by atoms with Crippen LogP contribution in [0.15, 0.2) is 30.6 Å². The van der Waals surface area contributed by atoms with Gasteiger partial charge in [-0.1, -0.05) is 0 Å². The average Bonchev–Trinajstić information content (AvgIpc) is 2.79. The summed E-state index contributed by atoms with van der Waals surface area (Å²) in [6.07, 6.45) is -2.36. The Morgan fingerprint density at radius 3 is 2.56 bits per heavy atom. The molecule has 1 aliphatic heterocycles. The Hall–Kier alpha value is -3.41. The number of nitro groups is 1. The van der Waals surface area contributed by atoms with Crippen LogP contribution in [0.1, 0.15) is 36.6 Å². The third-order valence-corrected chi connectivity index (χ3v) is 5.18. The summed E-state index contributed by atoms with van der Waals surface area (Å²) >= 11 is 0. The summed E-state index contributed by atoms with van der Waals surface area (Å²) in [5.41, 5.74) is -1.72. The van der Waals surface area contributed by atoms with E-state index < -0.39 is 34.3 Å². The lowest BCUT2D eigenvalue weighted by Gasteiger charge is -2.26. The van der Waals surface area contributed by atoms with Crippen molar-refractivity contribution in [3.05, 3.63) is 52.0 Å². The maximum Gasteiger partial charge on any atom is 0.428 e. The second-order valence-electron chi connectivity index (χ2n) is 7.17. The van der Waals surface area contributed by atoms with Crippen LogP contribution >= 0.6 is 0 Å². The van der Waals surface area contributed by atoms with E-state index in [9.17, 15) is 23.7 Å². The highest BCUT2D eigenvalue weighted by molar-refractivity contribution is 5.48. The molecule has 1 aromatic carbocycles. The molecule has 1 aliphatic rings. The summed E-state index contributed by atoms with van der Waals surface area (Å²) in [5.74, 6) is -0.460. The van der Waals surface area contributed by atoms with E-state index in [1.54, 1.807) is 0 Å². The SMILES string of the molecule is COc1ccc(C(F)(F)Oc2ncnc(C(CC3CCNCC3)OC=O)c2[N+](=O)[O-])cc1. The monoisotopic (exact) mass is 452 g/mol. The lowest BCUT2D eigenvalue weighted by atomic mass is 9.90. The number of nitrogens with one attached hydrogen (secondary N) is 1. The van der Waals surface area contributed by atoms with Gasteiger partial charge in [0, 0.05) is 0 Å². The Morgan fingerprint density at radius 2 is 1.97 bits per heavy atom. The number of rotatable bonds is 10. The highest BCUT2D eigenvalue weighted by Gasteiger charge is 2.40. The van der Waals surface area contributed by atoms with Gasteiger partial charge in [-0.15, -0.1) is 0 Å². The lowest BCUT2D eigenvalue weighted by molar-refractivity contribution is -0.389. The van der Waals surface area contributed by atoms with E-state index in [4.69, 9.17) is 14.2 Å². The molecule has 12 heteroatoms. The fourth-order valence-corrected chi connectivity index (χ4v) is 3.54. The van der Waals surface area contributed by atoms with Crippen LogP contribution in [-0.4, -0.2) is 41.6 Å². The highest BCUT2D eigenvalue weighted by atomic mass is 19.3. The topological polar surface area (TPSA) is 126 Å². The number of aromatic nitrogens is 2. The van der Waals surface area contributed by atoms with Crippen molar-refractivity contribution in [2.24, 2.45) is 5.92 Å². The molecule has 0 aliphatic carbocycles. The molecule has 1 saturated heterocycles. The first-order chi connectivity index (χ1) is 15.4. The number of methoxy groups -OCH3 is 1. The number of ether oxygens (including phenoxy) is 3. The summed E-state index contributed by atoms with van der Waals surface area (Å²) in [6.45, 7) is 1.67. The molecule has 1 fully saturated rings. The van der Waals surface area contributed by atoms with E-state index in [0.717, 1.165) is 44.4 Å². The molecule has 32 heavy (non-hydrogen) atoms. The fraction of sp³-hybridized carbons (Fsp3) is 0.450. The van der Waals surface area contributed by atoms with Crippen molar-refractivity contribution in [1.29, 1.82) is 0 Å². The van der Waals surface area contributed by atoms with E-state index in [0.29, 0.717) is 5.75 Å². The molecule has 2 aromatic rings. The fourth-order valence-electron chi connectivity index (χ4n) is 3.54. The minimum atomic E-state index is -3.93. The Bertz CT molecular complexity index is 938. The van der Waals surface area contributed by atoms with Crippen molar-refractivity contribution in [1.82, 2.24) is 15.3 Å². The van der Waals surface area contributed by atoms with Gasteiger partial charge in [0.2, 0.25) is 0 Å². The summed E-state index contributed by atoms with van der Waals surface area (Å²) in [4.78, 5) is 29.4.